The van der Waals surface area contributed by atoms with Crippen LogP contribution in [-0.4, -0.2) is 81.4 Å². The molecule has 12 heteroatoms. The Morgan fingerprint density at radius 2 is 1.76 bits per heavy atom. The van der Waals surface area contributed by atoms with Crippen molar-refractivity contribution in [2.45, 2.75) is 57.8 Å². The topological polar surface area (TPSA) is 105 Å². The molecular formula is C30H35F3N4O5. The van der Waals surface area contributed by atoms with Gasteiger partial charge in [0.1, 0.15) is 11.3 Å². The van der Waals surface area contributed by atoms with Crippen molar-refractivity contribution in [1.29, 1.82) is 0 Å². The van der Waals surface area contributed by atoms with Crippen LogP contribution in [0.4, 0.5) is 13.3 Å². The Morgan fingerprint density at radius 3 is 2.36 bits per heavy atom. The molecule has 2 atom stereocenters. The molecule has 9 nitrogen and oxygen atoms in total. The molecule has 2 aromatic rings. The van der Waals surface area contributed by atoms with Crippen molar-refractivity contribution in [3.05, 3.63) is 47.3 Å². The zero-order valence-electron chi connectivity index (χ0n) is 23.7. The summed E-state index contributed by atoms with van der Waals surface area (Å²) in [6, 6.07) is 4.91. The molecule has 226 valence electrons. The highest BCUT2D eigenvalue weighted by Gasteiger charge is 2.60. The van der Waals surface area contributed by atoms with Crippen molar-refractivity contribution >= 4 is 17.8 Å². The van der Waals surface area contributed by atoms with Crippen LogP contribution in [0, 0.1) is 22.7 Å². The standard InChI is InChI=1S/C30H35F3N4O5/c1-28(2)10-22(28)26(39)36-16-29(17-36)15-35(25(38)19-11-34-37(33)12-19)13-20(29)14-42-23-5-3-4-21(24(23)27(40)41)18-6-8-30(31,32)9-7-18/h3-5,11-12,18,20,22H,6-10,13-17H2,1-2H3,(H,40,41)/t20?,22-/m1/s1. The lowest BCUT2D eigenvalue weighted by Crippen LogP contribution is -2.63. The SMILES string of the molecule is CC1(C)C[C@@H]1C(=O)N1CC2(CN(C(=O)c3cnn(F)c3)CC2COc2cccc(C3CCC(F)(F)CC3)c2C(=O)O)C1. The smallest absolute Gasteiger partial charge is 0.339 e. The van der Waals surface area contributed by atoms with Gasteiger partial charge in [-0.2, -0.15) is 5.10 Å². The van der Waals surface area contributed by atoms with Crippen LogP contribution in [0.1, 0.15) is 78.1 Å². The van der Waals surface area contributed by atoms with E-state index in [4.69, 9.17) is 4.74 Å². The van der Waals surface area contributed by atoms with E-state index in [-0.39, 0.29) is 95.6 Å². The number of benzene rings is 1. The van der Waals surface area contributed by atoms with Gasteiger partial charge in [0, 0.05) is 56.3 Å². The van der Waals surface area contributed by atoms with Crippen LogP contribution in [-0.2, 0) is 4.79 Å². The summed E-state index contributed by atoms with van der Waals surface area (Å²) < 4.78 is 47.2. The molecule has 2 aliphatic carbocycles. The summed E-state index contributed by atoms with van der Waals surface area (Å²) in [7, 11) is 0. The van der Waals surface area contributed by atoms with E-state index in [0.717, 1.165) is 18.8 Å². The van der Waals surface area contributed by atoms with Gasteiger partial charge in [0.25, 0.3) is 5.91 Å². The molecule has 2 amide bonds. The van der Waals surface area contributed by atoms with Crippen molar-refractivity contribution in [1.82, 2.24) is 19.8 Å². The largest absolute Gasteiger partial charge is 0.492 e. The first-order valence-corrected chi connectivity index (χ1v) is 14.4. The lowest BCUT2D eigenvalue weighted by atomic mass is 9.71. The molecule has 42 heavy (non-hydrogen) atoms. The molecule has 4 aliphatic rings. The third-order valence-electron chi connectivity index (χ3n) is 9.90. The Labute approximate surface area is 241 Å². The highest BCUT2D eigenvalue weighted by Crippen LogP contribution is 2.55. The van der Waals surface area contributed by atoms with E-state index in [1.807, 2.05) is 4.90 Å². The number of carbonyl (C=O) groups excluding carboxylic acids is 2. The van der Waals surface area contributed by atoms with Gasteiger partial charge in [-0.1, -0.05) is 30.5 Å². The summed E-state index contributed by atoms with van der Waals surface area (Å²) in [4.78, 5) is 42.2. The second kappa shape index (κ2) is 10.0. The number of aromatic carboxylic acids is 1. The third-order valence-corrected chi connectivity index (χ3v) is 9.90. The van der Waals surface area contributed by atoms with Crippen molar-refractivity contribution in [3.8, 4) is 5.75 Å². The van der Waals surface area contributed by atoms with Crippen LogP contribution < -0.4 is 4.74 Å². The number of carboxylic acid groups (broad SMARTS) is 1. The lowest BCUT2D eigenvalue weighted by Gasteiger charge is -2.51. The molecule has 1 unspecified atom stereocenters. The number of amides is 2. The second-order valence-electron chi connectivity index (χ2n) is 13.3. The predicted molar refractivity (Wildman–Crippen MR) is 144 cm³/mol. The quantitative estimate of drug-likeness (QED) is 0.506. The molecule has 2 saturated heterocycles. The van der Waals surface area contributed by atoms with Gasteiger partial charge < -0.3 is 19.6 Å². The summed E-state index contributed by atoms with van der Waals surface area (Å²) in [5.41, 5.74) is 0.110. The van der Waals surface area contributed by atoms with Crippen molar-refractivity contribution in [2.24, 2.45) is 22.7 Å². The molecule has 6 rings (SSSR count). The molecule has 0 bridgehead atoms. The van der Waals surface area contributed by atoms with Gasteiger partial charge in [-0.15, -0.1) is 4.90 Å². The van der Waals surface area contributed by atoms with Crippen LogP contribution in [0.25, 0.3) is 0 Å². The summed E-state index contributed by atoms with van der Waals surface area (Å²) in [6.45, 7) is 5.74. The van der Waals surface area contributed by atoms with Crippen LogP contribution >= 0.6 is 0 Å². The minimum absolute atomic E-state index is 0.0142. The van der Waals surface area contributed by atoms with E-state index in [2.05, 4.69) is 18.9 Å². The van der Waals surface area contributed by atoms with E-state index in [1.54, 1.807) is 23.1 Å². The normalized spacial score (nSPS) is 25.7. The van der Waals surface area contributed by atoms with Crippen LogP contribution in [0.15, 0.2) is 30.6 Å². The molecule has 1 aromatic heterocycles. The monoisotopic (exact) mass is 588 g/mol. The highest BCUT2D eigenvalue weighted by atomic mass is 19.3. The zero-order valence-corrected chi connectivity index (χ0v) is 23.7. The molecule has 0 radical (unpaired) electrons. The van der Waals surface area contributed by atoms with Crippen LogP contribution in [0.5, 0.6) is 5.75 Å². The fourth-order valence-corrected chi connectivity index (χ4v) is 7.13. The fourth-order valence-electron chi connectivity index (χ4n) is 7.13. The Balaban J connectivity index is 1.21. The number of carbonyl (C=O) groups is 3. The van der Waals surface area contributed by atoms with Gasteiger partial charge in [-0.05, 0) is 42.2 Å². The van der Waals surface area contributed by atoms with E-state index >= 15 is 0 Å². The van der Waals surface area contributed by atoms with Gasteiger partial charge in [-0.25, -0.2) is 13.6 Å². The Bertz CT molecular complexity index is 1410. The molecule has 4 fully saturated rings. The third kappa shape index (κ3) is 5.13. The van der Waals surface area contributed by atoms with Crippen molar-refractivity contribution in [2.75, 3.05) is 32.8 Å². The zero-order chi connectivity index (χ0) is 30.0. The van der Waals surface area contributed by atoms with E-state index in [0.29, 0.717) is 25.2 Å². The number of carboxylic acids is 1. The molecular weight excluding hydrogens is 553 g/mol. The number of rotatable bonds is 7. The van der Waals surface area contributed by atoms with Crippen LogP contribution in [0.2, 0.25) is 0 Å². The lowest BCUT2D eigenvalue weighted by molar-refractivity contribution is -0.148. The number of hydrogen-bond acceptors (Lipinski definition) is 5. The van der Waals surface area contributed by atoms with E-state index < -0.39 is 17.3 Å². The van der Waals surface area contributed by atoms with Crippen molar-refractivity contribution < 1.29 is 37.5 Å². The summed E-state index contributed by atoms with van der Waals surface area (Å²) in [5, 5.41) is 13.6. The maximum Gasteiger partial charge on any atom is 0.339 e. The molecule has 1 aromatic carbocycles. The molecule has 2 saturated carbocycles. The number of alkyl halides is 2. The number of halogens is 3. The Hall–Kier alpha value is -3.57. The predicted octanol–water partition coefficient (Wildman–Crippen LogP) is 4.63. The number of ether oxygens (including phenoxy) is 1. The minimum atomic E-state index is -2.73. The first kappa shape index (κ1) is 28.5. The van der Waals surface area contributed by atoms with Gasteiger partial charge in [0.05, 0.1) is 24.6 Å². The maximum absolute atomic E-state index is 13.8. The molecule has 1 spiro atoms. The first-order chi connectivity index (χ1) is 19.8. The summed E-state index contributed by atoms with van der Waals surface area (Å²) in [6.07, 6.45) is 2.82. The van der Waals surface area contributed by atoms with Crippen molar-refractivity contribution in [3.63, 3.8) is 0 Å². The number of hydrogen-bond donors (Lipinski definition) is 1. The number of aromatic nitrogens is 2. The van der Waals surface area contributed by atoms with Gasteiger partial charge in [-0.3, -0.25) is 9.59 Å². The Kier molecular flexibility index (Phi) is 6.81. The number of likely N-dealkylation sites (tertiary alicyclic amines) is 2. The highest BCUT2D eigenvalue weighted by molar-refractivity contribution is 5.94. The summed E-state index contributed by atoms with van der Waals surface area (Å²) >= 11 is 0. The second-order valence-corrected chi connectivity index (χ2v) is 13.3. The van der Waals surface area contributed by atoms with Gasteiger partial charge >= 0.3 is 5.97 Å². The first-order valence-electron chi connectivity index (χ1n) is 14.4. The van der Waals surface area contributed by atoms with E-state index in [9.17, 15) is 32.8 Å². The Morgan fingerprint density at radius 1 is 1.10 bits per heavy atom. The molecule has 2 aliphatic heterocycles. The van der Waals surface area contributed by atoms with Gasteiger partial charge in [0.2, 0.25) is 11.8 Å². The summed E-state index contributed by atoms with van der Waals surface area (Å²) in [5.74, 6) is -4.58. The van der Waals surface area contributed by atoms with E-state index in [1.165, 1.54) is 0 Å². The minimum Gasteiger partial charge on any atom is -0.492 e. The molecule has 1 N–H and O–H groups in total. The average molecular weight is 589 g/mol. The molecule has 3 heterocycles. The average Bonchev–Trinajstić information content (AvgIpc) is 3.22. The van der Waals surface area contributed by atoms with Gasteiger partial charge in [0.15, 0.2) is 0 Å². The van der Waals surface area contributed by atoms with Crippen LogP contribution in [0.3, 0.4) is 0 Å². The maximum atomic E-state index is 13.8. The fraction of sp³-hybridized carbons (Fsp3) is 0.600. The number of nitrogens with zero attached hydrogens (tertiary/aromatic N) is 4.